The summed E-state index contributed by atoms with van der Waals surface area (Å²) in [5, 5.41) is 6.39. The van der Waals surface area contributed by atoms with Crippen LogP contribution in [-0.2, 0) is 9.32 Å². The van der Waals surface area contributed by atoms with E-state index in [0.717, 1.165) is 0 Å². The van der Waals surface area contributed by atoms with Gasteiger partial charge in [-0.15, -0.1) is 0 Å². The van der Waals surface area contributed by atoms with E-state index in [-0.39, 0.29) is 29.8 Å². The van der Waals surface area contributed by atoms with Crippen molar-refractivity contribution in [3.63, 3.8) is 0 Å². The predicted octanol–water partition coefficient (Wildman–Crippen LogP) is 4.95. The molecule has 3 aromatic rings. The number of rotatable bonds is 9. The van der Waals surface area contributed by atoms with Crippen molar-refractivity contribution in [2.24, 2.45) is 17.8 Å². The summed E-state index contributed by atoms with van der Waals surface area (Å²) < 4.78 is 7.22. The van der Waals surface area contributed by atoms with E-state index in [1.54, 1.807) is 7.05 Å². The summed E-state index contributed by atoms with van der Waals surface area (Å²) in [6.07, 6.45) is -0.0499. The molecule has 0 saturated carbocycles. The molecule has 3 rings (SSSR count). The molecule has 0 unspecified atom stereocenters. The summed E-state index contributed by atoms with van der Waals surface area (Å²) in [6, 6.07) is 31.8. The van der Waals surface area contributed by atoms with Gasteiger partial charge in [-0.05, 0) is 55.2 Å². The molecule has 4 atom stereocenters. The maximum atomic E-state index is 12.3. The Hall–Kier alpha value is -2.48. The number of amides is 1. The third kappa shape index (κ3) is 4.95. The lowest BCUT2D eigenvalue weighted by Gasteiger charge is -2.34. The van der Waals surface area contributed by atoms with E-state index < -0.39 is 7.49 Å². The van der Waals surface area contributed by atoms with Crippen LogP contribution in [0.4, 0.5) is 0 Å². The Morgan fingerprint density at radius 1 is 0.688 bits per heavy atom. The van der Waals surface area contributed by atoms with Crippen molar-refractivity contribution >= 4 is 29.3 Å². The molecule has 0 aromatic heterocycles. The summed E-state index contributed by atoms with van der Waals surface area (Å²) in [5.41, 5.74) is 0. The summed E-state index contributed by atoms with van der Waals surface area (Å²) in [4.78, 5) is 12.3. The SMILES string of the molecule is CNC(=O)[C@H](C)[C@@H](C)[C@H](C)[C@@H](C)O[P+](c1ccccc1)(c1ccccc1)c1ccccc1. The van der Waals surface area contributed by atoms with Gasteiger partial charge in [-0.3, -0.25) is 4.79 Å². The van der Waals surface area contributed by atoms with Gasteiger partial charge in [0.25, 0.3) is 0 Å². The van der Waals surface area contributed by atoms with Crippen LogP contribution in [-0.4, -0.2) is 19.1 Å². The Morgan fingerprint density at radius 2 is 1.06 bits per heavy atom. The molecule has 0 spiro atoms. The fraction of sp³-hybridized carbons (Fsp3) is 0.321. The lowest BCUT2D eigenvalue weighted by molar-refractivity contribution is -0.126. The smallest absolute Gasteiger partial charge is 0.242 e. The minimum atomic E-state index is -2.36. The van der Waals surface area contributed by atoms with Crippen molar-refractivity contribution in [1.29, 1.82) is 0 Å². The molecule has 32 heavy (non-hydrogen) atoms. The van der Waals surface area contributed by atoms with Gasteiger partial charge >= 0.3 is 0 Å². The van der Waals surface area contributed by atoms with Crippen molar-refractivity contribution in [2.75, 3.05) is 7.05 Å². The van der Waals surface area contributed by atoms with E-state index in [1.807, 2.05) is 25.1 Å². The van der Waals surface area contributed by atoms with Gasteiger partial charge in [0, 0.05) is 13.0 Å². The van der Waals surface area contributed by atoms with Gasteiger partial charge in [0.2, 0.25) is 13.4 Å². The topological polar surface area (TPSA) is 38.3 Å². The molecule has 0 saturated heterocycles. The fourth-order valence-electron chi connectivity index (χ4n) is 4.24. The molecular formula is C28H35NO2P+. The van der Waals surface area contributed by atoms with Crippen LogP contribution in [0.15, 0.2) is 91.0 Å². The van der Waals surface area contributed by atoms with E-state index >= 15 is 0 Å². The number of hydrogen-bond donors (Lipinski definition) is 1. The quantitative estimate of drug-likeness (QED) is 0.470. The molecule has 0 aliphatic rings. The summed E-state index contributed by atoms with van der Waals surface area (Å²) in [7, 11) is -0.663. The van der Waals surface area contributed by atoms with Crippen LogP contribution >= 0.6 is 7.49 Å². The average Bonchev–Trinajstić information content (AvgIpc) is 2.86. The lowest BCUT2D eigenvalue weighted by Crippen LogP contribution is -2.39. The van der Waals surface area contributed by atoms with Gasteiger partial charge in [-0.25, -0.2) is 4.52 Å². The van der Waals surface area contributed by atoms with Crippen LogP contribution in [0.5, 0.6) is 0 Å². The molecule has 4 heteroatoms. The van der Waals surface area contributed by atoms with Gasteiger partial charge in [-0.1, -0.05) is 75.4 Å². The number of carbonyl (C=O) groups excluding carboxylic acids is 1. The van der Waals surface area contributed by atoms with Gasteiger partial charge in [0.15, 0.2) is 0 Å². The second kappa shape index (κ2) is 10.9. The van der Waals surface area contributed by atoms with E-state index in [2.05, 4.69) is 98.9 Å². The molecule has 3 aromatic carbocycles. The number of hydrogen-bond acceptors (Lipinski definition) is 2. The van der Waals surface area contributed by atoms with Crippen LogP contribution in [0.25, 0.3) is 0 Å². The van der Waals surface area contributed by atoms with Gasteiger partial charge in [0.1, 0.15) is 22.0 Å². The Morgan fingerprint density at radius 3 is 1.41 bits per heavy atom. The molecular weight excluding hydrogens is 413 g/mol. The Bertz CT molecular complexity index is 881. The second-order valence-electron chi connectivity index (χ2n) is 8.55. The maximum absolute atomic E-state index is 12.3. The number of nitrogens with one attached hydrogen (secondary N) is 1. The zero-order valence-electron chi connectivity index (χ0n) is 19.7. The highest BCUT2D eigenvalue weighted by Gasteiger charge is 2.50. The van der Waals surface area contributed by atoms with Crippen molar-refractivity contribution in [3.8, 4) is 0 Å². The number of benzene rings is 3. The van der Waals surface area contributed by atoms with Gasteiger partial charge in [0.05, 0.1) is 0 Å². The number of carbonyl (C=O) groups is 1. The van der Waals surface area contributed by atoms with Crippen LogP contribution in [0.1, 0.15) is 27.7 Å². The first-order valence-corrected chi connectivity index (χ1v) is 13.1. The Labute approximate surface area is 193 Å². The van der Waals surface area contributed by atoms with E-state index in [1.165, 1.54) is 15.9 Å². The zero-order chi connectivity index (χ0) is 23.1. The Kier molecular flexibility index (Phi) is 8.23. The van der Waals surface area contributed by atoms with Crippen molar-refractivity contribution < 1.29 is 9.32 Å². The van der Waals surface area contributed by atoms with E-state index in [4.69, 9.17) is 4.52 Å². The highest BCUT2D eigenvalue weighted by molar-refractivity contribution is 7.91. The molecule has 0 fully saturated rings. The maximum Gasteiger partial charge on any atom is 0.242 e. The zero-order valence-corrected chi connectivity index (χ0v) is 20.6. The molecule has 0 bridgehead atoms. The van der Waals surface area contributed by atoms with Gasteiger partial charge < -0.3 is 5.32 Å². The molecule has 3 nitrogen and oxygen atoms in total. The first-order chi connectivity index (χ1) is 15.4. The molecule has 1 amide bonds. The van der Waals surface area contributed by atoms with Gasteiger partial charge in [-0.2, -0.15) is 0 Å². The summed E-state index contributed by atoms with van der Waals surface area (Å²) in [5.74, 6) is 0.359. The molecule has 1 N–H and O–H groups in total. The monoisotopic (exact) mass is 448 g/mol. The second-order valence-corrected chi connectivity index (χ2v) is 11.5. The Balaban J connectivity index is 2.10. The van der Waals surface area contributed by atoms with Crippen molar-refractivity contribution in [2.45, 2.75) is 33.8 Å². The third-order valence-corrected chi connectivity index (χ3v) is 10.4. The molecule has 0 aliphatic heterocycles. The fourth-order valence-corrected chi connectivity index (χ4v) is 7.96. The molecule has 0 heterocycles. The van der Waals surface area contributed by atoms with Crippen molar-refractivity contribution in [3.05, 3.63) is 91.0 Å². The molecule has 0 radical (unpaired) electrons. The highest BCUT2D eigenvalue weighted by atomic mass is 31.2. The molecule has 168 valence electrons. The summed E-state index contributed by atoms with van der Waals surface area (Å²) >= 11 is 0. The first-order valence-electron chi connectivity index (χ1n) is 11.4. The first kappa shape index (κ1) is 24.2. The third-order valence-electron chi connectivity index (χ3n) is 6.70. The summed E-state index contributed by atoms with van der Waals surface area (Å²) in [6.45, 7) is 8.50. The predicted molar refractivity (Wildman–Crippen MR) is 137 cm³/mol. The van der Waals surface area contributed by atoms with E-state index in [0.29, 0.717) is 0 Å². The van der Waals surface area contributed by atoms with Crippen LogP contribution in [0.2, 0.25) is 0 Å². The largest absolute Gasteiger partial charge is 0.359 e. The van der Waals surface area contributed by atoms with E-state index in [9.17, 15) is 4.79 Å². The lowest BCUT2D eigenvalue weighted by atomic mass is 9.82. The minimum absolute atomic E-state index is 0.0499. The molecule has 0 aliphatic carbocycles. The minimum Gasteiger partial charge on any atom is -0.359 e. The standard InChI is InChI=1S/C28H34NO2P/c1-21(23(3)28(30)29-5)22(2)24(4)31-32(25-15-9-6-10-16-25,26-17-11-7-12-18-26)27-19-13-8-14-20-27/h6-24H,1-5H3/p+1/t21-,22-,23+,24+/m0/s1. The van der Waals surface area contributed by atoms with Crippen LogP contribution < -0.4 is 21.2 Å². The highest BCUT2D eigenvalue weighted by Crippen LogP contribution is 2.58. The van der Waals surface area contributed by atoms with Crippen LogP contribution in [0.3, 0.4) is 0 Å². The van der Waals surface area contributed by atoms with Crippen molar-refractivity contribution in [1.82, 2.24) is 5.32 Å². The van der Waals surface area contributed by atoms with Crippen LogP contribution in [0, 0.1) is 17.8 Å². The average molecular weight is 449 g/mol. The normalized spacial score (nSPS) is 15.4.